The van der Waals surface area contributed by atoms with Gasteiger partial charge in [0.25, 0.3) is 0 Å². The summed E-state index contributed by atoms with van der Waals surface area (Å²) in [5.74, 6) is 2.58. The Balaban J connectivity index is 1.49. The Morgan fingerprint density at radius 3 is 2.86 bits per heavy atom. The van der Waals surface area contributed by atoms with E-state index in [0.29, 0.717) is 5.92 Å². The smallest absolute Gasteiger partial charge is 0.138 e. The minimum absolute atomic E-state index is 0.670. The number of aryl methyl sites for hydroxylation is 3. The van der Waals surface area contributed by atoms with Gasteiger partial charge in [-0.1, -0.05) is 11.2 Å². The van der Waals surface area contributed by atoms with Crippen LogP contribution in [-0.4, -0.2) is 34.7 Å². The second kappa shape index (κ2) is 6.48. The van der Waals surface area contributed by atoms with Crippen molar-refractivity contribution in [3.63, 3.8) is 0 Å². The molecule has 3 heterocycles. The molecule has 0 amide bonds. The number of hydrogen-bond acceptors (Lipinski definition) is 5. The highest BCUT2D eigenvalue weighted by Crippen LogP contribution is 2.22. The number of aromatic nitrogens is 2. The first-order chi connectivity index (χ1) is 10.6. The van der Waals surface area contributed by atoms with E-state index in [1.807, 2.05) is 26.1 Å². The third-order valence-electron chi connectivity index (χ3n) is 4.42. The van der Waals surface area contributed by atoms with Gasteiger partial charge in [0.1, 0.15) is 11.6 Å². The molecule has 1 atom stereocenters. The molecule has 0 radical (unpaired) electrons. The summed E-state index contributed by atoms with van der Waals surface area (Å²) in [6, 6.07) is 4.14. The maximum Gasteiger partial charge on any atom is 0.138 e. The van der Waals surface area contributed by atoms with Gasteiger partial charge in [0, 0.05) is 31.4 Å². The van der Waals surface area contributed by atoms with E-state index in [0.717, 1.165) is 43.5 Å². The van der Waals surface area contributed by atoms with E-state index in [2.05, 4.69) is 33.3 Å². The highest BCUT2D eigenvalue weighted by Gasteiger charge is 2.24. The summed E-state index contributed by atoms with van der Waals surface area (Å²) in [6.45, 7) is 10.2. The van der Waals surface area contributed by atoms with Crippen molar-refractivity contribution in [1.29, 1.82) is 0 Å². The van der Waals surface area contributed by atoms with Crippen molar-refractivity contribution in [2.45, 2.75) is 33.7 Å². The number of rotatable bonds is 5. The number of pyridine rings is 1. The monoisotopic (exact) mass is 300 g/mol. The van der Waals surface area contributed by atoms with Gasteiger partial charge in [-0.25, -0.2) is 4.98 Å². The topological polar surface area (TPSA) is 54.2 Å². The maximum atomic E-state index is 5.25. The summed E-state index contributed by atoms with van der Waals surface area (Å²) in [5.41, 5.74) is 3.45. The van der Waals surface area contributed by atoms with E-state index < -0.39 is 0 Å². The van der Waals surface area contributed by atoms with Crippen molar-refractivity contribution < 1.29 is 4.52 Å². The van der Waals surface area contributed by atoms with Crippen LogP contribution < -0.4 is 5.32 Å². The summed E-state index contributed by atoms with van der Waals surface area (Å²) in [7, 11) is 0. The molecule has 2 aromatic rings. The number of hydrogen-bond donors (Lipinski definition) is 1. The first-order valence-corrected chi connectivity index (χ1v) is 7.92. The predicted octanol–water partition coefficient (Wildman–Crippen LogP) is 2.93. The molecule has 118 valence electrons. The summed E-state index contributed by atoms with van der Waals surface area (Å²) in [5, 5.41) is 7.49. The van der Waals surface area contributed by atoms with E-state index in [-0.39, 0.29) is 0 Å². The summed E-state index contributed by atoms with van der Waals surface area (Å²) in [4.78, 5) is 6.88. The Morgan fingerprint density at radius 1 is 1.32 bits per heavy atom. The molecule has 3 rings (SSSR count). The first-order valence-electron chi connectivity index (χ1n) is 7.92. The van der Waals surface area contributed by atoms with E-state index in [1.165, 1.54) is 17.5 Å². The molecule has 1 unspecified atom stereocenters. The van der Waals surface area contributed by atoms with Crippen LogP contribution in [0.4, 0.5) is 5.82 Å². The van der Waals surface area contributed by atoms with Crippen molar-refractivity contribution in [2.75, 3.05) is 25.0 Å². The van der Waals surface area contributed by atoms with Gasteiger partial charge in [-0.2, -0.15) is 0 Å². The van der Waals surface area contributed by atoms with Crippen molar-refractivity contribution >= 4 is 5.82 Å². The van der Waals surface area contributed by atoms with Gasteiger partial charge in [-0.05, 0) is 51.3 Å². The lowest BCUT2D eigenvalue weighted by molar-refractivity contribution is 0.315. The number of likely N-dealkylation sites (tertiary alicyclic amines) is 1. The van der Waals surface area contributed by atoms with E-state index in [4.69, 9.17) is 4.52 Å². The molecule has 0 bridgehead atoms. The van der Waals surface area contributed by atoms with E-state index in [1.54, 1.807) is 0 Å². The Bertz CT molecular complexity index is 601. The minimum Gasteiger partial charge on any atom is -0.370 e. The van der Waals surface area contributed by atoms with Crippen LogP contribution in [0.1, 0.15) is 29.0 Å². The fourth-order valence-electron chi connectivity index (χ4n) is 3.00. The highest BCUT2D eigenvalue weighted by atomic mass is 16.5. The SMILES string of the molecule is Cc1ccc(NCC2CCN(Cc3c(C)noc3C)C2)nc1. The Hall–Kier alpha value is -1.88. The van der Waals surface area contributed by atoms with Crippen molar-refractivity contribution in [1.82, 2.24) is 15.0 Å². The number of nitrogens with one attached hydrogen (secondary N) is 1. The van der Waals surface area contributed by atoms with Gasteiger partial charge in [-0.15, -0.1) is 0 Å². The molecule has 1 saturated heterocycles. The predicted molar refractivity (Wildman–Crippen MR) is 86.8 cm³/mol. The second-order valence-corrected chi connectivity index (χ2v) is 6.29. The van der Waals surface area contributed by atoms with E-state index >= 15 is 0 Å². The molecule has 1 aliphatic heterocycles. The molecule has 1 fully saturated rings. The third-order valence-corrected chi connectivity index (χ3v) is 4.42. The molecule has 22 heavy (non-hydrogen) atoms. The van der Waals surface area contributed by atoms with Gasteiger partial charge in [-0.3, -0.25) is 4.90 Å². The van der Waals surface area contributed by atoms with Gasteiger partial charge >= 0.3 is 0 Å². The zero-order chi connectivity index (χ0) is 15.5. The van der Waals surface area contributed by atoms with Crippen LogP contribution in [0.15, 0.2) is 22.9 Å². The normalized spacial score (nSPS) is 18.8. The molecule has 1 N–H and O–H groups in total. The Kier molecular flexibility index (Phi) is 4.43. The van der Waals surface area contributed by atoms with Crippen LogP contribution >= 0.6 is 0 Å². The average molecular weight is 300 g/mol. The van der Waals surface area contributed by atoms with Gasteiger partial charge in [0.15, 0.2) is 0 Å². The molecule has 0 saturated carbocycles. The fraction of sp³-hybridized carbons (Fsp3) is 0.529. The molecule has 5 nitrogen and oxygen atoms in total. The largest absolute Gasteiger partial charge is 0.370 e. The second-order valence-electron chi connectivity index (χ2n) is 6.29. The zero-order valence-corrected chi connectivity index (χ0v) is 13.6. The number of anilines is 1. The van der Waals surface area contributed by atoms with Crippen LogP contribution in [-0.2, 0) is 6.54 Å². The lowest BCUT2D eigenvalue weighted by atomic mass is 10.1. The standard InChI is InChI=1S/C17H24N4O/c1-12-4-5-17(18-8-12)19-9-15-6-7-21(10-15)11-16-13(2)20-22-14(16)3/h4-5,8,15H,6-7,9-11H2,1-3H3,(H,18,19). The quantitative estimate of drug-likeness (QED) is 0.920. The lowest BCUT2D eigenvalue weighted by Crippen LogP contribution is -2.23. The zero-order valence-electron chi connectivity index (χ0n) is 13.6. The molecule has 5 heteroatoms. The molecule has 0 spiro atoms. The Morgan fingerprint density at radius 2 is 2.18 bits per heavy atom. The molecule has 0 aromatic carbocycles. The van der Waals surface area contributed by atoms with Crippen LogP contribution in [0, 0.1) is 26.7 Å². The van der Waals surface area contributed by atoms with Crippen LogP contribution in [0.2, 0.25) is 0 Å². The Labute approximate surface area is 131 Å². The van der Waals surface area contributed by atoms with Gasteiger partial charge in [0.05, 0.1) is 5.69 Å². The molecule has 1 aliphatic rings. The van der Waals surface area contributed by atoms with Crippen LogP contribution in [0.5, 0.6) is 0 Å². The van der Waals surface area contributed by atoms with E-state index in [9.17, 15) is 0 Å². The minimum atomic E-state index is 0.670. The van der Waals surface area contributed by atoms with Crippen LogP contribution in [0.25, 0.3) is 0 Å². The maximum absolute atomic E-state index is 5.25. The summed E-state index contributed by atoms with van der Waals surface area (Å²) >= 11 is 0. The van der Waals surface area contributed by atoms with Gasteiger partial charge in [0.2, 0.25) is 0 Å². The van der Waals surface area contributed by atoms with Crippen LogP contribution in [0.3, 0.4) is 0 Å². The summed E-state index contributed by atoms with van der Waals surface area (Å²) < 4.78 is 5.25. The van der Waals surface area contributed by atoms with Crippen molar-refractivity contribution in [3.8, 4) is 0 Å². The van der Waals surface area contributed by atoms with Gasteiger partial charge < -0.3 is 9.84 Å². The molecule has 2 aromatic heterocycles. The third kappa shape index (κ3) is 3.47. The fourth-order valence-corrected chi connectivity index (χ4v) is 3.00. The first kappa shape index (κ1) is 15.0. The summed E-state index contributed by atoms with van der Waals surface area (Å²) in [6.07, 6.45) is 3.13. The molecule has 0 aliphatic carbocycles. The molecular weight excluding hydrogens is 276 g/mol. The molecular formula is C17H24N4O. The lowest BCUT2D eigenvalue weighted by Gasteiger charge is -2.16. The highest BCUT2D eigenvalue weighted by molar-refractivity contribution is 5.35. The van der Waals surface area contributed by atoms with Crippen molar-refractivity contribution in [3.05, 3.63) is 40.9 Å². The number of nitrogens with zero attached hydrogens (tertiary/aromatic N) is 3. The van der Waals surface area contributed by atoms with Crippen molar-refractivity contribution in [2.24, 2.45) is 5.92 Å². The average Bonchev–Trinajstić information content (AvgIpc) is 3.09.